The molecule has 6 heteroatoms. The van der Waals surface area contributed by atoms with E-state index >= 15 is 0 Å². The number of carboxylic acids is 1. The van der Waals surface area contributed by atoms with Crippen molar-refractivity contribution in [3.05, 3.63) is 23.8 Å². The lowest BCUT2D eigenvalue weighted by molar-refractivity contribution is -0.147. The van der Waals surface area contributed by atoms with Crippen LogP contribution in [0.15, 0.2) is 18.2 Å². The van der Waals surface area contributed by atoms with Gasteiger partial charge in [0.25, 0.3) is 0 Å². The summed E-state index contributed by atoms with van der Waals surface area (Å²) in [4.78, 5) is 34.7. The van der Waals surface area contributed by atoms with Crippen molar-refractivity contribution in [3.63, 3.8) is 0 Å². The van der Waals surface area contributed by atoms with E-state index in [1.54, 1.807) is 18.2 Å². The Labute approximate surface area is 121 Å². The number of hydrogen-bond donors (Lipinski definition) is 3. The van der Waals surface area contributed by atoms with Crippen molar-refractivity contribution in [1.29, 1.82) is 0 Å². The summed E-state index contributed by atoms with van der Waals surface area (Å²) in [7, 11) is 0. The van der Waals surface area contributed by atoms with Crippen LogP contribution in [0.4, 0.5) is 11.4 Å². The van der Waals surface area contributed by atoms with E-state index in [1.165, 1.54) is 0 Å². The Morgan fingerprint density at radius 2 is 2.00 bits per heavy atom. The Hall–Kier alpha value is -2.37. The molecule has 0 spiro atoms. The number of amides is 2. The predicted octanol–water partition coefficient (Wildman–Crippen LogP) is 1.76. The second-order valence-corrected chi connectivity index (χ2v) is 5.62. The number of rotatable bonds is 3. The fraction of sp³-hybridized carbons (Fsp3) is 0.400. The van der Waals surface area contributed by atoms with E-state index in [4.69, 9.17) is 5.11 Å². The molecule has 110 valence electrons. The van der Waals surface area contributed by atoms with E-state index in [9.17, 15) is 14.4 Å². The van der Waals surface area contributed by atoms with Crippen molar-refractivity contribution < 1.29 is 19.5 Å². The molecule has 0 aromatic heterocycles. The Bertz CT molecular complexity index is 635. The number of carbonyl (C=O) groups excluding carboxylic acids is 2. The standard InChI is InChI=1S/C15H16N2O4/c18-12-3-1-2-9-8-10(4-5-11(9)17-12)16-13(19)15(6-7-15)14(20)21/h4-5,8H,1-3,6-7H2,(H,16,19)(H,17,18)(H,20,21). The second kappa shape index (κ2) is 4.87. The summed E-state index contributed by atoms with van der Waals surface area (Å²) in [6.07, 6.45) is 2.76. The van der Waals surface area contributed by atoms with E-state index in [-0.39, 0.29) is 5.91 Å². The number of benzene rings is 1. The monoisotopic (exact) mass is 288 g/mol. The zero-order chi connectivity index (χ0) is 15.0. The average Bonchev–Trinajstić information content (AvgIpc) is 3.22. The highest BCUT2D eigenvalue weighted by Gasteiger charge is 2.57. The van der Waals surface area contributed by atoms with Crippen molar-refractivity contribution in [2.24, 2.45) is 5.41 Å². The van der Waals surface area contributed by atoms with Crippen molar-refractivity contribution in [1.82, 2.24) is 0 Å². The van der Waals surface area contributed by atoms with Gasteiger partial charge in [-0.05, 0) is 49.4 Å². The molecule has 3 rings (SSSR count). The van der Waals surface area contributed by atoms with Crippen molar-refractivity contribution >= 4 is 29.2 Å². The minimum atomic E-state index is -1.25. The van der Waals surface area contributed by atoms with Gasteiger partial charge in [-0.2, -0.15) is 0 Å². The number of nitrogens with one attached hydrogen (secondary N) is 2. The van der Waals surface area contributed by atoms with Gasteiger partial charge in [-0.3, -0.25) is 14.4 Å². The third kappa shape index (κ3) is 2.49. The van der Waals surface area contributed by atoms with E-state index in [1.807, 2.05) is 0 Å². The maximum Gasteiger partial charge on any atom is 0.319 e. The highest BCUT2D eigenvalue weighted by atomic mass is 16.4. The van der Waals surface area contributed by atoms with Crippen LogP contribution in [-0.4, -0.2) is 22.9 Å². The van der Waals surface area contributed by atoms with Crippen molar-refractivity contribution in [2.45, 2.75) is 32.1 Å². The van der Waals surface area contributed by atoms with Gasteiger partial charge in [0.2, 0.25) is 11.8 Å². The zero-order valence-electron chi connectivity index (χ0n) is 11.4. The first-order valence-corrected chi connectivity index (χ1v) is 6.99. The van der Waals surface area contributed by atoms with Gasteiger partial charge in [0.1, 0.15) is 5.41 Å². The number of aliphatic carboxylic acids is 1. The lowest BCUT2D eigenvalue weighted by atomic mass is 10.0. The SMILES string of the molecule is O=C1CCCc2cc(NC(=O)C3(C(=O)O)CC3)ccc2N1. The lowest BCUT2D eigenvalue weighted by Crippen LogP contribution is -2.31. The molecule has 2 aliphatic rings. The van der Waals surface area contributed by atoms with Crippen LogP contribution in [0.2, 0.25) is 0 Å². The normalized spacial score (nSPS) is 19.0. The number of anilines is 2. The molecule has 1 aromatic rings. The largest absolute Gasteiger partial charge is 0.480 e. The molecule has 1 aromatic carbocycles. The molecule has 1 heterocycles. The van der Waals surface area contributed by atoms with Gasteiger partial charge >= 0.3 is 5.97 Å². The van der Waals surface area contributed by atoms with E-state index < -0.39 is 17.3 Å². The maximum absolute atomic E-state index is 12.1. The van der Waals surface area contributed by atoms with Crippen LogP contribution in [0.1, 0.15) is 31.2 Å². The quantitative estimate of drug-likeness (QED) is 0.738. The molecule has 0 atom stereocenters. The van der Waals surface area contributed by atoms with Gasteiger partial charge in [-0.25, -0.2) is 0 Å². The number of fused-ring (bicyclic) bond motifs is 1. The second-order valence-electron chi connectivity index (χ2n) is 5.62. The molecule has 1 fully saturated rings. The molecule has 0 radical (unpaired) electrons. The molecule has 21 heavy (non-hydrogen) atoms. The molecule has 2 amide bonds. The molecule has 1 saturated carbocycles. The summed E-state index contributed by atoms with van der Waals surface area (Å²) in [5.74, 6) is -1.54. The zero-order valence-corrected chi connectivity index (χ0v) is 11.4. The molecule has 3 N–H and O–H groups in total. The van der Waals surface area contributed by atoms with Crippen molar-refractivity contribution in [3.8, 4) is 0 Å². The van der Waals surface area contributed by atoms with Crippen LogP contribution in [-0.2, 0) is 20.8 Å². The third-order valence-electron chi connectivity index (χ3n) is 4.08. The molecular formula is C15H16N2O4. The number of carboxylic acid groups (broad SMARTS) is 1. The van der Waals surface area contributed by atoms with Gasteiger partial charge in [-0.1, -0.05) is 0 Å². The molecule has 0 saturated heterocycles. The number of aryl methyl sites for hydroxylation is 1. The first-order chi connectivity index (χ1) is 10.0. The molecule has 0 bridgehead atoms. The van der Waals surface area contributed by atoms with Gasteiger partial charge in [0.05, 0.1) is 0 Å². The minimum Gasteiger partial charge on any atom is -0.480 e. The van der Waals surface area contributed by atoms with E-state index in [0.717, 1.165) is 24.1 Å². The summed E-state index contributed by atoms with van der Waals surface area (Å²) in [5.41, 5.74) is 1.04. The van der Waals surface area contributed by atoms with Crippen LogP contribution in [0.25, 0.3) is 0 Å². The Balaban J connectivity index is 1.78. The first-order valence-electron chi connectivity index (χ1n) is 6.99. The van der Waals surface area contributed by atoms with Crippen LogP contribution in [0, 0.1) is 5.41 Å². The Kier molecular flexibility index (Phi) is 3.16. The summed E-state index contributed by atoms with van der Waals surface area (Å²) in [6, 6.07) is 5.23. The van der Waals surface area contributed by atoms with Crippen LogP contribution < -0.4 is 10.6 Å². The molecule has 1 aliphatic heterocycles. The maximum atomic E-state index is 12.1. The van der Waals surface area contributed by atoms with E-state index in [2.05, 4.69) is 10.6 Å². The fourth-order valence-electron chi connectivity index (χ4n) is 2.57. The Morgan fingerprint density at radius 3 is 2.67 bits per heavy atom. The van der Waals surface area contributed by atoms with Crippen LogP contribution in [0.3, 0.4) is 0 Å². The fourth-order valence-corrected chi connectivity index (χ4v) is 2.57. The average molecular weight is 288 g/mol. The summed E-state index contributed by atoms with van der Waals surface area (Å²) in [5, 5.41) is 14.6. The van der Waals surface area contributed by atoms with Gasteiger partial charge < -0.3 is 15.7 Å². The molecule has 0 unspecified atom stereocenters. The number of carbonyl (C=O) groups is 3. The predicted molar refractivity (Wildman–Crippen MR) is 75.9 cm³/mol. The van der Waals surface area contributed by atoms with E-state index in [0.29, 0.717) is 24.9 Å². The van der Waals surface area contributed by atoms with Crippen LogP contribution in [0.5, 0.6) is 0 Å². The molecular weight excluding hydrogens is 272 g/mol. The van der Waals surface area contributed by atoms with Crippen LogP contribution >= 0.6 is 0 Å². The van der Waals surface area contributed by atoms with Crippen molar-refractivity contribution in [2.75, 3.05) is 10.6 Å². The number of hydrogen-bond acceptors (Lipinski definition) is 3. The summed E-state index contributed by atoms with van der Waals surface area (Å²) >= 11 is 0. The lowest BCUT2D eigenvalue weighted by Gasteiger charge is -2.13. The first kappa shape index (κ1) is 13.6. The Morgan fingerprint density at radius 1 is 1.24 bits per heavy atom. The summed E-state index contributed by atoms with van der Waals surface area (Å²) in [6.45, 7) is 0. The summed E-state index contributed by atoms with van der Waals surface area (Å²) < 4.78 is 0. The molecule has 6 nitrogen and oxygen atoms in total. The van der Waals surface area contributed by atoms with Gasteiger partial charge in [0, 0.05) is 17.8 Å². The minimum absolute atomic E-state index is 0.00616. The van der Waals surface area contributed by atoms with Gasteiger partial charge in [0.15, 0.2) is 0 Å². The smallest absolute Gasteiger partial charge is 0.319 e. The van der Waals surface area contributed by atoms with Gasteiger partial charge in [-0.15, -0.1) is 0 Å². The molecule has 1 aliphatic carbocycles. The topological polar surface area (TPSA) is 95.5 Å². The highest BCUT2D eigenvalue weighted by Crippen LogP contribution is 2.46. The third-order valence-corrected chi connectivity index (χ3v) is 4.08. The highest BCUT2D eigenvalue weighted by molar-refractivity contribution is 6.10.